The van der Waals surface area contributed by atoms with Crippen LogP contribution in [0.15, 0.2) is 18.2 Å². The number of halogens is 2. The molecule has 0 saturated carbocycles. The third kappa shape index (κ3) is 3.25. The fraction of sp³-hybridized carbons (Fsp3) is 0.455. The molecule has 0 aromatic heterocycles. The summed E-state index contributed by atoms with van der Waals surface area (Å²) in [7, 11) is 0. The molecule has 0 saturated heterocycles. The second kappa shape index (κ2) is 5.19. The second-order valence-corrected chi connectivity index (χ2v) is 3.64. The number of rotatable bonds is 4. The smallest absolute Gasteiger partial charge is 0.128 e. The van der Waals surface area contributed by atoms with Crippen molar-refractivity contribution in [2.75, 3.05) is 6.61 Å². The summed E-state index contributed by atoms with van der Waals surface area (Å²) in [6.07, 6.45) is 0. The van der Waals surface area contributed by atoms with Gasteiger partial charge in [0.2, 0.25) is 0 Å². The van der Waals surface area contributed by atoms with Crippen molar-refractivity contribution in [1.29, 1.82) is 0 Å². The summed E-state index contributed by atoms with van der Waals surface area (Å²) in [6, 6.07) is 2.87. The minimum Gasteiger partial charge on any atom is -0.395 e. The van der Waals surface area contributed by atoms with Crippen LogP contribution in [0.2, 0.25) is 0 Å². The van der Waals surface area contributed by atoms with Gasteiger partial charge in [0.15, 0.2) is 0 Å². The molecule has 1 aromatic rings. The molecule has 84 valence electrons. The van der Waals surface area contributed by atoms with E-state index >= 15 is 0 Å². The molecule has 0 radical (unpaired) electrons. The summed E-state index contributed by atoms with van der Waals surface area (Å²) in [4.78, 5) is 0. The molecular formula is C11H15F2NO. The summed E-state index contributed by atoms with van der Waals surface area (Å²) >= 11 is 0. The van der Waals surface area contributed by atoms with Crippen molar-refractivity contribution in [3.8, 4) is 0 Å². The van der Waals surface area contributed by atoms with E-state index in [1.54, 1.807) is 13.8 Å². The first-order chi connectivity index (χ1) is 7.04. The van der Waals surface area contributed by atoms with Gasteiger partial charge in [0.1, 0.15) is 11.6 Å². The van der Waals surface area contributed by atoms with Gasteiger partial charge in [0, 0.05) is 17.6 Å². The summed E-state index contributed by atoms with van der Waals surface area (Å²) in [6.45, 7) is 3.46. The molecule has 0 amide bonds. The molecule has 0 aliphatic carbocycles. The van der Waals surface area contributed by atoms with Crippen LogP contribution in [0.3, 0.4) is 0 Å². The van der Waals surface area contributed by atoms with Crippen LogP contribution < -0.4 is 5.32 Å². The number of hydrogen-bond acceptors (Lipinski definition) is 2. The molecule has 1 rings (SSSR count). The molecule has 2 atom stereocenters. The Kier molecular flexibility index (Phi) is 4.17. The first-order valence-corrected chi connectivity index (χ1v) is 4.86. The molecule has 0 unspecified atom stereocenters. The second-order valence-electron chi connectivity index (χ2n) is 3.64. The zero-order chi connectivity index (χ0) is 11.4. The van der Waals surface area contributed by atoms with Crippen LogP contribution in [-0.2, 0) is 0 Å². The molecular weight excluding hydrogens is 200 g/mol. The van der Waals surface area contributed by atoms with E-state index in [0.29, 0.717) is 0 Å². The maximum Gasteiger partial charge on any atom is 0.128 e. The lowest BCUT2D eigenvalue weighted by Gasteiger charge is -2.19. The van der Waals surface area contributed by atoms with Gasteiger partial charge in [0.05, 0.1) is 6.61 Å². The van der Waals surface area contributed by atoms with Crippen LogP contribution in [0, 0.1) is 11.6 Å². The van der Waals surface area contributed by atoms with Gasteiger partial charge in [0.25, 0.3) is 0 Å². The molecule has 2 nitrogen and oxygen atoms in total. The van der Waals surface area contributed by atoms with Crippen molar-refractivity contribution in [3.63, 3.8) is 0 Å². The molecule has 2 N–H and O–H groups in total. The van der Waals surface area contributed by atoms with Gasteiger partial charge in [-0.3, -0.25) is 0 Å². The van der Waals surface area contributed by atoms with Crippen molar-refractivity contribution in [2.24, 2.45) is 0 Å². The highest BCUT2D eigenvalue weighted by Crippen LogP contribution is 2.18. The van der Waals surface area contributed by atoms with Gasteiger partial charge in [-0.15, -0.1) is 0 Å². The lowest BCUT2D eigenvalue weighted by molar-refractivity contribution is 0.242. The zero-order valence-electron chi connectivity index (χ0n) is 8.80. The summed E-state index contributed by atoms with van der Waals surface area (Å²) in [5.74, 6) is -0.904. The average molecular weight is 215 g/mol. The van der Waals surface area contributed by atoms with Gasteiger partial charge in [-0.25, -0.2) is 8.78 Å². The molecule has 0 heterocycles. The van der Waals surface area contributed by atoms with Gasteiger partial charge in [-0.1, -0.05) is 0 Å². The zero-order valence-corrected chi connectivity index (χ0v) is 8.80. The van der Waals surface area contributed by atoms with E-state index < -0.39 is 11.6 Å². The van der Waals surface area contributed by atoms with E-state index in [9.17, 15) is 8.78 Å². The van der Waals surface area contributed by atoms with Crippen molar-refractivity contribution in [3.05, 3.63) is 35.4 Å². The summed E-state index contributed by atoms with van der Waals surface area (Å²) < 4.78 is 26.2. The third-order valence-corrected chi connectivity index (χ3v) is 2.23. The first kappa shape index (κ1) is 12.1. The fourth-order valence-electron chi connectivity index (χ4n) is 1.42. The minimum absolute atomic E-state index is 0.0404. The van der Waals surface area contributed by atoms with Crippen molar-refractivity contribution >= 4 is 0 Å². The molecule has 4 heteroatoms. The quantitative estimate of drug-likeness (QED) is 0.805. The Morgan fingerprint density at radius 1 is 1.33 bits per heavy atom. The Bertz CT molecular complexity index is 330. The molecule has 0 aliphatic rings. The Labute approximate surface area is 87.9 Å². The third-order valence-electron chi connectivity index (χ3n) is 2.23. The normalized spacial score (nSPS) is 15.0. The SMILES string of the molecule is C[C@H](N[C@@H](C)CO)c1cc(F)ccc1F. The molecule has 0 fully saturated rings. The van der Waals surface area contributed by atoms with E-state index in [2.05, 4.69) is 5.32 Å². The van der Waals surface area contributed by atoms with Gasteiger partial charge < -0.3 is 10.4 Å². The van der Waals surface area contributed by atoms with Gasteiger partial charge >= 0.3 is 0 Å². The first-order valence-electron chi connectivity index (χ1n) is 4.86. The maximum atomic E-state index is 13.3. The molecule has 0 bridgehead atoms. The lowest BCUT2D eigenvalue weighted by Crippen LogP contribution is -2.32. The maximum absolute atomic E-state index is 13.3. The Morgan fingerprint density at radius 2 is 2.00 bits per heavy atom. The highest BCUT2D eigenvalue weighted by Gasteiger charge is 2.13. The Hall–Kier alpha value is -1.00. The summed E-state index contributed by atoms with van der Waals surface area (Å²) in [5, 5.41) is 11.8. The van der Waals surface area contributed by atoms with Crippen LogP contribution in [-0.4, -0.2) is 17.8 Å². The largest absolute Gasteiger partial charge is 0.395 e. The van der Waals surface area contributed by atoms with Crippen LogP contribution >= 0.6 is 0 Å². The monoisotopic (exact) mass is 215 g/mol. The highest BCUT2D eigenvalue weighted by atomic mass is 19.1. The topological polar surface area (TPSA) is 32.3 Å². The predicted molar refractivity (Wildman–Crippen MR) is 54.5 cm³/mol. The lowest BCUT2D eigenvalue weighted by atomic mass is 10.1. The summed E-state index contributed by atoms with van der Waals surface area (Å²) in [5.41, 5.74) is 0.273. The number of benzene rings is 1. The van der Waals surface area contributed by atoms with Crippen molar-refractivity contribution in [2.45, 2.75) is 25.9 Å². The van der Waals surface area contributed by atoms with E-state index in [1.807, 2.05) is 0 Å². The Balaban J connectivity index is 2.80. The van der Waals surface area contributed by atoms with E-state index in [0.717, 1.165) is 18.2 Å². The van der Waals surface area contributed by atoms with Crippen LogP contribution in [0.5, 0.6) is 0 Å². The van der Waals surface area contributed by atoms with E-state index in [1.165, 1.54) is 0 Å². The van der Waals surface area contributed by atoms with E-state index in [4.69, 9.17) is 5.11 Å². The Morgan fingerprint density at radius 3 is 2.60 bits per heavy atom. The minimum atomic E-state index is -0.461. The molecule has 15 heavy (non-hydrogen) atoms. The number of hydrogen-bond donors (Lipinski definition) is 2. The van der Waals surface area contributed by atoms with Gasteiger partial charge in [-0.2, -0.15) is 0 Å². The van der Waals surface area contributed by atoms with Crippen molar-refractivity contribution in [1.82, 2.24) is 5.32 Å². The molecule has 1 aromatic carbocycles. The number of aliphatic hydroxyl groups is 1. The highest BCUT2D eigenvalue weighted by molar-refractivity contribution is 5.21. The van der Waals surface area contributed by atoms with Crippen LogP contribution in [0.4, 0.5) is 8.78 Å². The van der Waals surface area contributed by atoms with E-state index in [-0.39, 0.29) is 24.3 Å². The van der Waals surface area contributed by atoms with Crippen molar-refractivity contribution < 1.29 is 13.9 Å². The van der Waals surface area contributed by atoms with Gasteiger partial charge in [-0.05, 0) is 32.0 Å². The standard InChI is InChI=1S/C11H15F2NO/c1-7(6-15)14-8(2)10-5-9(12)3-4-11(10)13/h3-5,7-8,14-15H,6H2,1-2H3/t7-,8-/m0/s1. The van der Waals surface area contributed by atoms with Crippen LogP contribution in [0.1, 0.15) is 25.5 Å². The molecule has 0 spiro atoms. The number of aliphatic hydroxyl groups excluding tert-OH is 1. The predicted octanol–water partition coefficient (Wildman–Crippen LogP) is 2.00. The number of nitrogens with one attached hydrogen (secondary N) is 1. The average Bonchev–Trinajstić information content (AvgIpc) is 2.21. The fourth-order valence-corrected chi connectivity index (χ4v) is 1.42. The van der Waals surface area contributed by atoms with Crippen LogP contribution in [0.25, 0.3) is 0 Å². The molecule has 0 aliphatic heterocycles.